The van der Waals surface area contributed by atoms with Gasteiger partial charge in [0.1, 0.15) is 28.8 Å². The number of carbonyl (C=O) groups is 2. The van der Waals surface area contributed by atoms with Crippen LogP contribution in [0.1, 0.15) is 64.5 Å². The third kappa shape index (κ3) is 6.77. The number of esters is 1. The molecule has 0 bridgehead atoms. The van der Waals surface area contributed by atoms with E-state index in [2.05, 4.69) is 0 Å². The number of fused-ring (bicyclic) bond motifs is 1. The van der Waals surface area contributed by atoms with E-state index >= 15 is 0 Å². The highest BCUT2D eigenvalue weighted by molar-refractivity contribution is 6.30. The number of Topliss-reactive ketones (excluding diaryl/α,β-unsaturated/α-hetero) is 1. The maximum absolute atomic E-state index is 13.6. The lowest BCUT2D eigenvalue weighted by atomic mass is 9.93. The predicted molar refractivity (Wildman–Crippen MR) is 135 cm³/mol. The van der Waals surface area contributed by atoms with E-state index < -0.39 is 29.9 Å². The molecule has 186 valence electrons. The second-order valence-electron chi connectivity index (χ2n) is 9.72. The van der Waals surface area contributed by atoms with Crippen LogP contribution in [-0.2, 0) is 14.3 Å². The van der Waals surface area contributed by atoms with Crippen LogP contribution < -0.4 is 0 Å². The van der Waals surface area contributed by atoms with Crippen LogP contribution in [-0.4, -0.2) is 38.2 Å². The van der Waals surface area contributed by atoms with Gasteiger partial charge in [-0.15, -0.1) is 0 Å². The molecule has 0 aliphatic rings. The fraction of sp³-hybridized carbons (Fsp3) is 0.370. The lowest BCUT2D eigenvalue weighted by molar-refractivity contribution is -0.156. The lowest BCUT2D eigenvalue weighted by Gasteiger charge is -2.19. The summed E-state index contributed by atoms with van der Waals surface area (Å²) in [4.78, 5) is 24.2. The van der Waals surface area contributed by atoms with Gasteiger partial charge in [0, 0.05) is 17.5 Å². The van der Waals surface area contributed by atoms with Crippen molar-refractivity contribution >= 4 is 34.9 Å². The highest BCUT2D eigenvalue weighted by Crippen LogP contribution is 2.34. The molecule has 0 amide bonds. The van der Waals surface area contributed by atoms with Crippen LogP contribution in [0, 0.1) is 5.82 Å². The number of nitrogens with zero attached hydrogens (tertiary/aromatic N) is 2. The molecule has 0 unspecified atom stereocenters. The molecular formula is C27H30ClFN2O4. The van der Waals surface area contributed by atoms with Gasteiger partial charge >= 0.3 is 5.97 Å². The van der Waals surface area contributed by atoms with Gasteiger partial charge in [-0.2, -0.15) is 5.10 Å². The Kier molecular flexibility index (Phi) is 8.13. The standard InChI is InChI=1S/C27H30ClFN2O4/c1-16(2)25-21(11-10-19(32)14-20(33)15-24(34)35-27(3,4)5)26(17-6-8-18(29)9-7-17)30-31-22(25)12-13-23(31)28/h6-13,16,19,32H,14-15H2,1-5H3/b11-10+/t19-/m1/s1. The van der Waals surface area contributed by atoms with Gasteiger partial charge in [0.05, 0.1) is 17.3 Å². The molecule has 0 saturated carbocycles. The van der Waals surface area contributed by atoms with E-state index in [1.807, 2.05) is 19.9 Å². The molecule has 3 aromatic rings. The summed E-state index contributed by atoms with van der Waals surface area (Å²) in [6, 6.07) is 9.59. The molecule has 1 atom stereocenters. The van der Waals surface area contributed by atoms with Crippen LogP contribution in [0.2, 0.25) is 5.15 Å². The molecule has 0 saturated heterocycles. The van der Waals surface area contributed by atoms with Gasteiger partial charge in [-0.1, -0.05) is 37.6 Å². The third-order valence-corrected chi connectivity index (χ3v) is 5.49. The summed E-state index contributed by atoms with van der Waals surface area (Å²) in [5.74, 6) is -1.35. The minimum Gasteiger partial charge on any atom is -0.460 e. The second-order valence-corrected chi connectivity index (χ2v) is 10.1. The minimum atomic E-state index is -1.11. The average Bonchev–Trinajstić information content (AvgIpc) is 3.10. The van der Waals surface area contributed by atoms with Crippen molar-refractivity contribution in [3.8, 4) is 11.3 Å². The Bertz CT molecular complexity index is 1260. The highest BCUT2D eigenvalue weighted by atomic mass is 35.5. The van der Waals surface area contributed by atoms with Gasteiger partial charge in [-0.25, -0.2) is 8.91 Å². The molecule has 0 aliphatic heterocycles. The number of hydrogen-bond donors (Lipinski definition) is 1. The number of ether oxygens (including phenoxy) is 1. The van der Waals surface area contributed by atoms with E-state index in [9.17, 15) is 19.1 Å². The smallest absolute Gasteiger partial charge is 0.313 e. The fourth-order valence-corrected chi connectivity index (χ4v) is 4.04. The van der Waals surface area contributed by atoms with Crippen molar-refractivity contribution in [3.05, 3.63) is 64.6 Å². The van der Waals surface area contributed by atoms with Crippen molar-refractivity contribution in [2.45, 2.75) is 65.1 Å². The molecule has 1 N–H and O–H groups in total. The number of aromatic nitrogens is 2. The summed E-state index contributed by atoms with van der Waals surface area (Å²) in [5.41, 5.74) is 3.03. The molecule has 3 rings (SSSR count). The number of carbonyl (C=O) groups excluding carboxylic acids is 2. The summed E-state index contributed by atoms with van der Waals surface area (Å²) in [5, 5.41) is 15.6. The van der Waals surface area contributed by atoms with Gasteiger partial charge in [0.2, 0.25) is 0 Å². The average molecular weight is 501 g/mol. The van der Waals surface area contributed by atoms with Crippen molar-refractivity contribution in [2.75, 3.05) is 0 Å². The fourth-order valence-electron chi connectivity index (χ4n) is 3.84. The Morgan fingerprint density at radius 3 is 2.43 bits per heavy atom. The molecule has 2 aromatic heterocycles. The van der Waals surface area contributed by atoms with Crippen LogP contribution >= 0.6 is 11.6 Å². The SMILES string of the molecule is CC(C)c1c(/C=C/[C@@H](O)CC(=O)CC(=O)OC(C)(C)C)c(-c2ccc(F)cc2)nn2c(Cl)ccc12. The lowest BCUT2D eigenvalue weighted by Crippen LogP contribution is -2.26. The zero-order valence-corrected chi connectivity index (χ0v) is 21.3. The highest BCUT2D eigenvalue weighted by Gasteiger charge is 2.21. The van der Waals surface area contributed by atoms with Crippen molar-refractivity contribution in [1.82, 2.24) is 9.61 Å². The molecule has 35 heavy (non-hydrogen) atoms. The van der Waals surface area contributed by atoms with Crippen LogP contribution in [0.5, 0.6) is 0 Å². The maximum atomic E-state index is 13.6. The van der Waals surface area contributed by atoms with Gasteiger partial charge in [0.25, 0.3) is 0 Å². The van der Waals surface area contributed by atoms with Crippen LogP contribution in [0.4, 0.5) is 4.39 Å². The Balaban J connectivity index is 1.95. The van der Waals surface area contributed by atoms with E-state index in [1.165, 1.54) is 18.2 Å². The molecule has 1 aromatic carbocycles. The first kappa shape index (κ1) is 26.6. The Labute approximate surface area is 209 Å². The van der Waals surface area contributed by atoms with Crippen molar-refractivity contribution < 1.29 is 23.8 Å². The van der Waals surface area contributed by atoms with Gasteiger partial charge in [0.15, 0.2) is 0 Å². The summed E-state index contributed by atoms with van der Waals surface area (Å²) < 4.78 is 20.4. The van der Waals surface area contributed by atoms with E-state index in [0.29, 0.717) is 16.4 Å². The van der Waals surface area contributed by atoms with E-state index in [0.717, 1.165) is 16.6 Å². The van der Waals surface area contributed by atoms with E-state index in [4.69, 9.17) is 21.4 Å². The number of aliphatic hydroxyl groups is 1. The van der Waals surface area contributed by atoms with E-state index in [-0.39, 0.29) is 18.2 Å². The zero-order chi connectivity index (χ0) is 25.9. The van der Waals surface area contributed by atoms with Crippen LogP contribution in [0.15, 0.2) is 42.5 Å². The summed E-state index contributed by atoms with van der Waals surface area (Å²) >= 11 is 6.36. The predicted octanol–water partition coefficient (Wildman–Crippen LogP) is 5.98. The van der Waals surface area contributed by atoms with Crippen molar-refractivity contribution in [3.63, 3.8) is 0 Å². The maximum Gasteiger partial charge on any atom is 0.313 e. The monoisotopic (exact) mass is 500 g/mol. The van der Waals surface area contributed by atoms with Crippen LogP contribution in [0.25, 0.3) is 22.9 Å². The van der Waals surface area contributed by atoms with Gasteiger partial charge in [-0.3, -0.25) is 9.59 Å². The number of benzene rings is 1. The van der Waals surface area contributed by atoms with Crippen LogP contribution in [0.3, 0.4) is 0 Å². The molecule has 2 heterocycles. The van der Waals surface area contributed by atoms with Crippen molar-refractivity contribution in [1.29, 1.82) is 0 Å². The van der Waals surface area contributed by atoms with Crippen molar-refractivity contribution in [2.24, 2.45) is 0 Å². The Morgan fingerprint density at radius 1 is 1.17 bits per heavy atom. The zero-order valence-electron chi connectivity index (χ0n) is 20.5. The number of halogens is 2. The Hall–Kier alpha value is -3.03. The molecule has 8 heteroatoms. The normalized spacial score (nSPS) is 13.1. The second kappa shape index (κ2) is 10.7. The number of ketones is 1. The molecular weight excluding hydrogens is 471 g/mol. The number of rotatable bonds is 8. The summed E-state index contributed by atoms with van der Waals surface area (Å²) in [6.45, 7) is 9.23. The number of hydrogen-bond acceptors (Lipinski definition) is 5. The minimum absolute atomic E-state index is 0.0660. The van der Waals surface area contributed by atoms with E-state index in [1.54, 1.807) is 49.6 Å². The number of aliphatic hydroxyl groups excluding tert-OH is 1. The molecule has 6 nitrogen and oxygen atoms in total. The molecule has 0 fully saturated rings. The molecule has 0 aliphatic carbocycles. The largest absolute Gasteiger partial charge is 0.460 e. The topological polar surface area (TPSA) is 80.9 Å². The Morgan fingerprint density at radius 2 is 1.83 bits per heavy atom. The third-order valence-electron chi connectivity index (χ3n) is 5.21. The quantitative estimate of drug-likeness (QED) is 0.304. The molecule has 0 spiro atoms. The van der Waals surface area contributed by atoms with Gasteiger partial charge in [-0.05, 0) is 68.7 Å². The molecule has 0 radical (unpaired) electrons. The summed E-state index contributed by atoms with van der Waals surface area (Å²) in [7, 11) is 0. The summed E-state index contributed by atoms with van der Waals surface area (Å²) in [6.07, 6.45) is 1.47. The first-order chi connectivity index (χ1) is 16.4. The van der Waals surface area contributed by atoms with Gasteiger partial charge < -0.3 is 9.84 Å². The first-order valence-electron chi connectivity index (χ1n) is 11.4. The first-order valence-corrected chi connectivity index (χ1v) is 11.8.